The first kappa shape index (κ1) is 14.5. The first-order valence-electron chi connectivity index (χ1n) is 6.35. The van der Waals surface area contributed by atoms with Crippen LogP contribution in [0.2, 0.25) is 5.02 Å². The van der Waals surface area contributed by atoms with Crippen LogP contribution < -0.4 is 5.32 Å². The lowest BCUT2D eigenvalue weighted by atomic mass is 10.1. The maximum absolute atomic E-state index is 13.3. The van der Waals surface area contributed by atoms with E-state index in [4.69, 9.17) is 11.6 Å². The van der Waals surface area contributed by atoms with Crippen molar-refractivity contribution in [1.82, 2.24) is 0 Å². The number of rotatable bonds is 5. The molecule has 0 radical (unpaired) electrons. The van der Waals surface area contributed by atoms with Gasteiger partial charge < -0.3 is 5.32 Å². The minimum Gasteiger partial charge on any atom is -0.385 e. The summed E-state index contributed by atoms with van der Waals surface area (Å²) in [6, 6.07) is 11.7. The average molecular weight is 292 g/mol. The van der Waals surface area contributed by atoms with Crippen molar-refractivity contribution in [3.8, 4) is 0 Å². The fraction of sp³-hybridized carbons (Fsp3) is 0.188. The first-order chi connectivity index (χ1) is 9.56. The second-order valence-corrected chi connectivity index (χ2v) is 5.01. The zero-order chi connectivity index (χ0) is 14.5. The van der Waals surface area contributed by atoms with Crippen molar-refractivity contribution in [1.29, 1.82) is 0 Å². The predicted molar refractivity (Wildman–Crippen MR) is 80.0 cm³/mol. The molecule has 0 amide bonds. The molecule has 0 bridgehead atoms. The van der Waals surface area contributed by atoms with E-state index in [9.17, 15) is 9.18 Å². The van der Waals surface area contributed by atoms with Crippen LogP contribution in [-0.2, 0) is 0 Å². The molecule has 0 heterocycles. The van der Waals surface area contributed by atoms with Gasteiger partial charge in [0.05, 0.1) is 0 Å². The third kappa shape index (κ3) is 3.81. The Kier molecular flexibility index (Phi) is 4.74. The zero-order valence-electron chi connectivity index (χ0n) is 11.1. The van der Waals surface area contributed by atoms with E-state index in [1.54, 1.807) is 43.3 Å². The smallest absolute Gasteiger partial charge is 0.164 e. The highest BCUT2D eigenvalue weighted by Gasteiger charge is 2.05. The fourth-order valence-electron chi connectivity index (χ4n) is 1.80. The highest BCUT2D eigenvalue weighted by molar-refractivity contribution is 6.30. The van der Waals surface area contributed by atoms with E-state index < -0.39 is 0 Å². The van der Waals surface area contributed by atoms with Crippen LogP contribution >= 0.6 is 11.6 Å². The van der Waals surface area contributed by atoms with Gasteiger partial charge in [-0.15, -0.1) is 0 Å². The van der Waals surface area contributed by atoms with E-state index in [2.05, 4.69) is 5.32 Å². The number of Topliss-reactive ketones (excluding diaryl/α,β-unsaturated/α-hetero) is 1. The number of halogens is 2. The second kappa shape index (κ2) is 6.53. The van der Waals surface area contributed by atoms with E-state index in [1.807, 2.05) is 0 Å². The Morgan fingerprint density at radius 1 is 1.20 bits per heavy atom. The molecule has 104 valence electrons. The fourth-order valence-corrected chi connectivity index (χ4v) is 1.93. The lowest BCUT2D eigenvalue weighted by Crippen LogP contribution is -2.09. The molecule has 1 N–H and O–H groups in total. The van der Waals surface area contributed by atoms with Crippen molar-refractivity contribution in [2.75, 3.05) is 11.9 Å². The summed E-state index contributed by atoms with van der Waals surface area (Å²) >= 11 is 5.77. The maximum Gasteiger partial charge on any atom is 0.164 e. The topological polar surface area (TPSA) is 29.1 Å². The number of benzene rings is 2. The molecule has 4 heteroatoms. The first-order valence-corrected chi connectivity index (χ1v) is 6.73. The molecule has 20 heavy (non-hydrogen) atoms. The Morgan fingerprint density at radius 3 is 2.55 bits per heavy atom. The average Bonchev–Trinajstić information content (AvgIpc) is 2.43. The summed E-state index contributed by atoms with van der Waals surface area (Å²) in [7, 11) is 0. The number of ketones is 1. The molecule has 0 saturated heterocycles. The van der Waals surface area contributed by atoms with Crippen LogP contribution in [-0.4, -0.2) is 12.3 Å². The number of nitrogens with one attached hydrogen (secondary N) is 1. The largest absolute Gasteiger partial charge is 0.385 e. The van der Waals surface area contributed by atoms with E-state index in [-0.39, 0.29) is 11.6 Å². The summed E-state index contributed by atoms with van der Waals surface area (Å²) in [4.78, 5) is 11.9. The van der Waals surface area contributed by atoms with Gasteiger partial charge in [0.25, 0.3) is 0 Å². The normalized spacial score (nSPS) is 10.3. The van der Waals surface area contributed by atoms with Crippen LogP contribution in [0.4, 0.5) is 10.1 Å². The van der Waals surface area contributed by atoms with Crippen LogP contribution in [0.15, 0.2) is 42.5 Å². The van der Waals surface area contributed by atoms with Gasteiger partial charge in [-0.05, 0) is 48.9 Å². The molecule has 0 atom stereocenters. The number of aryl methyl sites for hydroxylation is 1. The summed E-state index contributed by atoms with van der Waals surface area (Å²) in [6.07, 6.45) is 0.344. The van der Waals surface area contributed by atoms with E-state index >= 15 is 0 Å². The monoisotopic (exact) mass is 291 g/mol. The number of carbonyl (C=O) groups excluding carboxylic acids is 1. The molecule has 2 rings (SSSR count). The van der Waals surface area contributed by atoms with Crippen LogP contribution in [0.5, 0.6) is 0 Å². The molecule has 0 aromatic heterocycles. The standard InChI is InChI=1S/C16H15ClFNO/c1-11-2-7-14(10-15(11)18)19-9-8-16(20)12-3-5-13(17)6-4-12/h2-7,10,19H,8-9H2,1H3. The van der Waals surface area contributed by atoms with Crippen molar-refractivity contribution in [2.24, 2.45) is 0 Å². The Balaban J connectivity index is 1.87. The molecule has 0 spiro atoms. The molecular weight excluding hydrogens is 277 g/mol. The molecule has 0 aliphatic carbocycles. The van der Waals surface area contributed by atoms with Crippen LogP contribution in [0.25, 0.3) is 0 Å². The Labute approximate surface area is 122 Å². The van der Waals surface area contributed by atoms with Crippen molar-refractivity contribution in [2.45, 2.75) is 13.3 Å². The number of carbonyl (C=O) groups is 1. The van der Waals surface area contributed by atoms with Gasteiger partial charge in [-0.2, -0.15) is 0 Å². The highest BCUT2D eigenvalue weighted by Crippen LogP contribution is 2.14. The molecule has 0 unspecified atom stereocenters. The minimum atomic E-state index is -0.251. The van der Waals surface area contributed by atoms with Gasteiger partial charge in [-0.25, -0.2) is 4.39 Å². The molecule has 0 saturated carbocycles. The van der Waals surface area contributed by atoms with Crippen molar-refractivity contribution in [3.63, 3.8) is 0 Å². The van der Waals surface area contributed by atoms with E-state index in [1.165, 1.54) is 6.07 Å². The third-order valence-corrected chi connectivity index (χ3v) is 3.27. The maximum atomic E-state index is 13.3. The summed E-state index contributed by atoms with van der Waals surface area (Å²) in [5, 5.41) is 3.64. The summed E-state index contributed by atoms with van der Waals surface area (Å²) in [5.74, 6) is -0.222. The van der Waals surface area contributed by atoms with Crippen molar-refractivity contribution >= 4 is 23.1 Å². The van der Waals surface area contributed by atoms with Gasteiger partial charge in [-0.3, -0.25) is 4.79 Å². The minimum absolute atomic E-state index is 0.0294. The molecule has 0 fully saturated rings. The summed E-state index contributed by atoms with van der Waals surface area (Å²) in [5.41, 5.74) is 1.91. The predicted octanol–water partition coefficient (Wildman–Crippen LogP) is 4.47. The van der Waals surface area contributed by atoms with Crippen LogP contribution in [0, 0.1) is 12.7 Å². The zero-order valence-corrected chi connectivity index (χ0v) is 11.9. The van der Waals surface area contributed by atoms with Gasteiger partial charge in [0, 0.05) is 29.2 Å². The SMILES string of the molecule is Cc1ccc(NCCC(=O)c2ccc(Cl)cc2)cc1F. The Morgan fingerprint density at radius 2 is 1.90 bits per heavy atom. The molecule has 2 aromatic carbocycles. The third-order valence-electron chi connectivity index (χ3n) is 3.02. The highest BCUT2D eigenvalue weighted by atomic mass is 35.5. The molecule has 2 nitrogen and oxygen atoms in total. The number of hydrogen-bond acceptors (Lipinski definition) is 2. The number of hydrogen-bond donors (Lipinski definition) is 1. The van der Waals surface area contributed by atoms with Crippen molar-refractivity contribution < 1.29 is 9.18 Å². The van der Waals surface area contributed by atoms with Crippen LogP contribution in [0.3, 0.4) is 0 Å². The summed E-state index contributed by atoms with van der Waals surface area (Å²) < 4.78 is 13.3. The van der Waals surface area contributed by atoms with Gasteiger partial charge >= 0.3 is 0 Å². The molecular formula is C16H15ClFNO. The summed E-state index contributed by atoms with van der Waals surface area (Å²) in [6.45, 7) is 2.17. The molecule has 0 aliphatic heterocycles. The molecule has 0 aliphatic rings. The second-order valence-electron chi connectivity index (χ2n) is 4.57. The lowest BCUT2D eigenvalue weighted by molar-refractivity contribution is 0.0986. The van der Waals surface area contributed by atoms with Gasteiger partial charge in [0.15, 0.2) is 5.78 Å². The van der Waals surface area contributed by atoms with Gasteiger partial charge in [0.1, 0.15) is 5.82 Å². The van der Waals surface area contributed by atoms with E-state index in [0.29, 0.717) is 34.8 Å². The van der Waals surface area contributed by atoms with Gasteiger partial charge in [0.2, 0.25) is 0 Å². The van der Waals surface area contributed by atoms with Crippen molar-refractivity contribution in [3.05, 3.63) is 64.4 Å². The molecule has 2 aromatic rings. The lowest BCUT2D eigenvalue weighted by Gasteiger charge is -2.07. The van der Waals surface area contributed by atoms with E-state index in [0.717, 1.165) is 0 Å². The number of anilines is 1. The van der Waals surface area contributed by atoms with Crippen LogP contribution in [0.1, 0.15) is 22.3 Å². The quantitative estimate of drug-likeness (QED) is 0.823. The van der Waals surface area contributed by atoms with Gasteiger partial charge in [-0.1, -0.05) is 17.7 Å². The Hall–Kier alpha value is -1.87. The Bertz CT molecular complexity index is 610.